The third-order valence-electron chi connectivity index (χ3n) is 3.39. The second kappa shape index (κ2) is 7.04. The number of aliphatic hydroxyl groups is 1. The molecule has 0 bridgehead atoms. The van der Waals surface area contributed by atoms with Gasteiger partial charge < -0.3 is 15.2 Å². The van der Waals surface area contributed by atoms with Gasteiger partial charge in [0.25, 0.3) is 0 Å². The maximum Gasteiger partial charge on any atom is 0.339 e. The first-order chi connectivity index (χ1) is 10.5. The van der Waals surface area contributed by atoms with Crippen molar-refractivity contribution in [3.05, 3.63) is 58.8 Å². The number of aryl methyl sites for hydroxylation is 2. The van der Waals surface area contributed by atoms with Crippen LogP contribution in [0.4, 0.5) is 5.82 Å². The molecular weight excluding hydrogens is 280 g/mol. The number of esters is 1. The first kappa shape index (κ1) is 16.0. The topological polar surface area (TPSA) is 71.5 Å². The molecule has 1 atom stereocenters. The van der Waals surface area contributed by atoms with Gasteiger partial charge in [-0.25, -0.2) is 9.78 Å². The normalized spacial score (nSPS) is 11.8. The van der Waals surface area contributed by atoms with E-state index < -0.39 is 12.1 Å². The second-order valence-corrected chi connectivity index (χ2v) is 5.13. The van der Waals surface area contributed by atoms with Crippen LogP contribution in [-0.4, -0.2) is 29.7 Å². The number of anilines is 1. The monoisotopic (exact) mass is 300 g/mol. The van der Waals surface area contributed by atoms with Gasteiger partial charge in [0.05, 0.1) is 24.5 Å². The van der Waals surface area contributed by atoms with Crippen molar-refractivity contribution in [3.8, 4) is 0 Å². The van der Waals surface area contributed by atoms with E-state index in [4.69, 9.17) is 0 Å². The number of carbonyl (C=O) groups excluding carboxylic acids is 1. The van der Waals surface area contributed by atoms with Gasteiger partial charge in [0.1, 0.15) is 5.82 Å². The minimum Gasteiger partial charge on any atom is -0.465 e. The Balaban J connectivity index is 2.02. The molecule has 5 heteroatoms. The van der Waals surface area contributed by atoms with E-state index in [0.29, 0.717) is 23.6 Å². The van der Waals surface area contributed by atoms with E-state index in [1.54, 1.807) is 19.1 Å². The molecule has 2 N–H and O–H groups in total. The highest BCUT2D eigenvalue weighted by Crippen LogP contribution is 2.16. The molecule has 0 amide bonds. The summed E-state index contributed by atoms with van der Waals surface area (Å²) in [6.45, 7) is 4.07. The first-order valence-electron chi connectivity index (χ1n) is 7.05. The maximum atomic E-state index is 11.5. The molecule has 22 heavy (non-hydrogen) atoms. The van der Waals surface area contributed by atoms with E-state index in [9.17, 15) is 9.90 Å². The van der Waals surface area contributed by atoms with E-state index in [-0.39, 0.29) is 0 Å². The summed E-state index contributed by atoms with van der Waals surface area (Å²) in [5, 5.41) is 13.3. The van der Waals surface area contributed by atoms with Crippen molar-refractivity contribution >= 4 is 11.8 Å². The Morgan fingerprint density at radius 2 is 2.09 bits per heavy atom. The molecule has 1 aromatic heterocycles. The smallest absolute Gasteiger partial charge is 0.339 e. The van der Waals surface area contributed by atoms with Crippen molar-refractivity contribution in [2.45, 2.75) is 20.0 Å². The van der Waals surface area contributed by atoms with Crippen LogP contribution in [0.2, 0.25) is 0 Å². The van der Waals surface area contributed by atoms with Crippen LogP contribution in [0.3, 0.4) is 0 Å². The number of hydrogen-bond acceptors (Lipinski definition) is 5. The molecule has 0 saturated heterocycles. The van der Waals surface area contributed by atoms with Gasteiger partial charge in [-0.2, -0.15) is 0 Å². The zero-order valence-corrected chi connectivity index (χ0v) is 13.0. The Hall–Kier alpha value is -2.40. The Morgan fingerprint density at radius 1 is 1.32 bits per heavy atom. The van der Waals surface area contributed by atoms with E-state index in [2.05, 4.69) is 15.0 Å². The molecule has 1 unspecified atom stereocenters. The molecule has 0 spiro atoms. The highest BCUT2D eigenvalue weighted by molar-refractivity contribution is 5.90. The first-order valence-corrected chi connectivity index (χ1v) is 7.05. The molecule has 5 nitrogen and oxygen atoms in total. The summed E-state index contributed by atoms with van der Waals surface area (Å²) in [7, 11) is 1.34. The van der Waals surface area contributed by atoms with Crippen LogP contribution in [0.1, 0.15) is 33.3 Å². The lowest BCUT2D eigenvalue weighted by Gasteiger charge is -2.14. The van der Waals surface area contributed by atoms with Crippen LogP contribution in [0.5, 0.6) is 0 Å². The minimum atomic E-state index is -0.623. The molecule has 1 heterocycles. The molecule has 0 saturated carbocycles. The lowest BCUT2D eigenvalue weighted by molar-refractivity contribution is 0.0599. The summed E-state index contributed by atoms with van der Waals surface area (Å²) in [4.78, 5) is 15.8. The molecule has 2 aromatic rings. The molecule has 0 aliphatic heterocycles. The van der Waals surface area contributed by atoms with Gasteiger partial charge in [-0.1, -0.05) is 29.8 Å². The minimum absolute atomic E-state index is 0.341. The second-order valence-electron chi connectivity index (χ2n) is 5.13. The summed E-state index contributed by atoms with van der Waals surface area (Å²) in [6.07, 6.45) is -0.623. The largest absolute Gasteiger partial charge is 0.465 e. The van der Waals surface area contributed by atoms with Gasteiger partial charge in [-0.05, 0) is 31.5 Å². The van der Waals surface area contributed by atoms with Crippen molar-refractivity contribution in [3.63, 3.8) is 0 Å². The molecular formula is C17H20N2O3. The third-order valence-corrected chi connectivity index (χ3v) is 3.39. The highest BCUT2D eigenvalue weighted by atomic mass is 16.5. The van der Waals surface area contributed by atoms with Gasteiger partial charge >= 0.3 is 5.97 Å². The van der Waals surface area contributed by atoms with E-state index in [1.807, 2.05) is 31.2 Å². The van der Waals surface area contributed by atoms with Crippen molar-refractivity contribution in [2.24, 2.45) is 0 Å². The molecule has 0 radical (unpaired) electrons. The standard InChI is InChI=1S/C17H20N2O3/c1-11-5-4-6-13(9-11)15(20)10-18-16-8-7-14(12(2)19-16)17(21)22-3/h4-9,15,20H,10H2,1-3H3,(H,18,19). The summed E-state index contributed by atoms with van der Waals surface area (Å²) < 4.78 is 4.68. The van der Waals surface area contributed by atoms with Gasteiger partial charge in [0.15, 0.2) is 0 Å². The number of carbonyl (C=O) groups is 1. The van der Waals surface area contributed by atoms with Crippen LogP contribution < -0.4 is 5.32 Å². The van der Waals surface area contributed by atoms with Crippen molar-refractivity contribution in [2.75, 3.05) is 19.0 Å². The average molecular weight is 300 g/mol. The number of pyridine rings is 1. The number of benzene rings is 1. The quantitative estimate of drug-likeness (QED) is 0.831. The van der Waals surface area contributed by atoms with Gasteiger partial charge in [0.2, 0.25) is 0 Å². The fourth-order valence-corrected chi connectivity index (χ4v) is 2.18. The van der Waals surface area contributed by atoms with Gasteiger partial charge in [-0.3, -0.25) is 0 Å². The van der Waals surface area contributed by atoms with Crippen LogP contribution >= 0.6 is 0 Å². The van der Waals surface area contributed by atoms with Crippen LogP contribution in [-0.2, 0) is 4.74 Å². The fourth-order valence-electron chi connectivity index (χ4n) is 2.18. The zero-order chi connectivity index (χ0) is 16.1. The van der Waals surface area contributed by atoms with E-state index in [1.165, 1.54) is 7.11 Å². The van der Waals surface area contributed by atoms with Crippen molar-refractivity contribution in [1.29, 1.82) is 0 Å². The number of hydrogen-bond donors (Lipinski definition) is 2. The lowest BCUT2D eigenvalue weighted by Crippen LogP contribution is -2.14. The number of aromatic nitrogens is 1. The summed E-state index contributed by atoms with van der Waals surface area (Å²) in [5.74, 6) is 0.202. The van der Waals surface area contributed by atoms with Crippen LogP contribution in [0.15, 0.2) is 36.4 Å². The Kier molecular flexibility index (Phi) is 5.12. The SMILES string of the molecule is COC(=O)c1ccc(NCC(O)c2cccc(C)c2)nc1C. The fraction of sp³-hybridized carbons (Fsp3) is 0.294. The molecule has 0 fully saturated rings. The van der Waals surface area contributed by atoms with Crippen molar-refractivity contribution in [1.82, 2.24) is 4.98 Å². The predicted molar refractivity (Wildman–Crippen MR) is 84.9 cm³/mol. The number of methoxy groups -OCH3 is 1. The predicted octanol–water partition coefficient (Wildman–Crippen LogP) is 2.63. The molecule has 0 aliphatic rings. The number of nitrogens with zero attached hydrogens (tertiary/aromatic N) is 1. The molecule has 2 rings (SSSR count). The number of ether oxygens (including phenoxy) is 1. The zero-order valence-electron chi connectivity index (χ0n) is 13.0. The number of rotatable bonds is 5. The Morgan fingerprint density at radius 3 is 2.73 bits per heavy atom. The third kappa shape index (κ3) is 3.83. The number of nitrogens with one attached hydrogen (secondary N) is 1. The Labute approximate surface area is 130 Å². The summed E-state index contributed by atoms with van der Waals surface area (Å²) in [5.41, 5.74) is 2.98. The van der Waals surface area contributed by atoms with Crippen LogP contribution in [0.25, 0.3) is 0 Å². The molecule has 116 valence electrons. The molecule has 1 aromatic carbocycles. The van der Waals surface area contributed by atoms with E-state index in [0.717, 1.165) is 11.1 Å². The maximum absolute atomic E-state index is 11.5. The lowest BCUT2D eigenvalue weighted by atomic mass is 10.1. The van der Waals surface area contributed by atoms with Gasteiger partial charge in [0, 0.05) is 6.54 Å². The van der Waals surface area contributed by atoms with E-state index >= 15 is 0 Å². The molecule has 0 aliphatic carbocycles. The Bertz CT molecular complexity index is 671. The summed E-state index contributed by atoms with van der Waals surface area (Å²) in [6, 6.07) is 11.1. The van der Waals surface area contributed by atoms with Crippen molar-refractivity contribution < 1.29 is 14.6 Å². The average Bonchev–Trinajstić information content (AvgIpc) is 2.52. The van der Waals surface area contributed by atoms with Crippen LogP contribution in [0, 0.1) is 13.8 Å². The van der Waals surface area contributed by atoms with Gasteiger partial charge in [-0.15, -0.1) is 0 Å². The summed E-state index contributed by atoms with van der Waals surface area (Å²) >= 11 is 0. The highest BCUT2D eigenvalue weighted by Gasteiger charge is 2.12. The number of aliphatic hydroxyl groups excluding tert-OH is 1.